The summed E-state index contributed by atoms with van der Waals surface area (Å²) in [6.45, 7) is 3.92. The number of para-hydroxylation sites is 2. The zero-order chi connectivity index (χ0) is 19.4. The lowest BCUT2D eigenvalue weighted by Gasteiger charge is -2.39. The molecule has 0 aliphatic carbocycles. The fourth-order valence-corrected chi connectivity index (χ4v) is 3.32. The number of amides is 1. The van der Waals surface area contributed by atoms with E-state index in [4.69, 9.17) is 9.47 Å². The number of carbonyl (C=O) groups excluding carboxylic acids is 2. The summed E-state index contributed by atoms with van der Waals surface area (Å²) in [5, 5.41) is 0. The lowest BCUT2D eigenvalue weighted by molar-refractivity contribution is -0.125. The van der Waals surface area contributed by atoms with Crippen molar-refractivity contribution in [3.63, 3.8) is 0 Å². The van der Waals surface area contributed by atoms with E-state index in [0.29, 0.717) is 24.4 Å². The van der Waals surface area contributed by atoms with Crippen molar-refractivity contribution in [2.24, 2.45) is 0 Å². The van der Waals surface area contributed by atoms with Gasteiger partial charge >= 0.3 is 5.97 Å². The zero-order valence-electron chi connectivity index (χ0n) is 15.8. The van der Waals surface area contributed by atoms with Gasteiger partial charge in [-0.2, -0.15) is 0 Å². The lowest BCUT2D eigenvalue weighted by atomic mass is 10.1. The minimum atomic E-state index is -0.351. The van der Waals surface area contributed by atoms with E-state index in [-0.39, 0.29) is 17.9 Å². The van der Waals surface area contributed by atoms with E-state index in [9.17, 15) is 9.59 Å². The molecule has 0 bridgehead atoms. The third-order valence-corrected chi connectivity index (χ3v) is 4.92. The van der Waals surface area contributed by atoms with Gasteiger partial charge in [-0.25, -0.2) is 4.79 Å². The average Bonchev–Trinajstić information content (AvgIpc) is 2.71. The van der Waals surface area contributed by atoms with Crippen LogP contribution in [0.4, 0.5) is 5.69 Å². The first-order chi connectivity index (χ1) is 13.0. The predicted molar refractivity (Wildman–Crippen MR) is 103 cm³/mol. The van der Waals surface area contributed by atoms with Crippen molar-refractivity contribution in [1.82, 2.24) is 4.90 Å². The molecule has 0 N–H and O–H groups in total. The van der Waals surface area contributed by atoms with Crippen LogP contribution in [0.5, 0.6) is 5.75 Å². The molecule has 1 saturated heterocycles. The molecule has 1 fully saturated rings. The van der Waals surface area contributed by atoms with Gasteiger partial charge in [-0.15, -0.1) is 0 Å². The number of rotatable bonds is 5. The number of hydrogen-bond donors (Lipinski definition) is 0. The normalized spacial score (nSPS) is 17.7. The van der Waals surface area contributed by atoms with Crippen molar-refractivity contribution < 1.29 is 19.1 Å². The van der Waals surface area contributed by atoms with E-state index in [1.807, 2.05) is 43.3 Å². The summed E-state index contributed by atoms with van der Waals surface area (Å²) in [4.78, 5) is 28.4. The first kappa shape index (κ1) is 18.9. The molecular formula is C21H24N2O4. The van der Waals surface area contributed by atoms with Gasteiger partial charge < -0.3 is 14.4 Å². The average molecular weight is 368 g/mol. The standard InChI is InChI=1S/C21H24N2O4/c1-15-20(24)23(18-6-4-5-7-19(18)26-2)13-12-22(15)14-16-8-10-17(11-9-16)21(25)27-3/h4-11,15H,12-14H2,1-3H3. The Hall–Kier alpha value is -2.86. The van der Waals surface area contributed by atoms with Gasteiger partial charge in [-0.1, -0.05) is 24.3 Å². The van der Waals surface area contributed by atoms with Gasteiger partial charge in [0.1, 0.15) is 5.75 Å². The molecule has 1 unspecified atom stereocenters. The summed E-state index contributed by atoms with van der Waals surface area (Å²) in [7, 11) is 2.98. The van der Waals surface area contributed by atoms with E-state index in [0.717, 1.165) is 17.8 Å². The fourth-order valence-electron chi connectivity index (χ4n) is 3.32. The number of benzene rings is 2. The number of ether oxygens (including phenoxy) is 2. The maximum absolute atomic E-state index is 12.9. The fraction of sp³-hybridized carbons (Fsp3) is 0.333. The molecule has 1 atom stereocenters. The maximum atomic E-state index is 12.9. The molecule has 3 rings (SSSR count). The Morgan fingerprint density at radius 1 is 1.07 bits per heavy atom. The van der Waals surface area contributed by atoms with Crippen molar-refractivity contribution in [3.05, 3.63) is 59.7 Å². The quantitative estimate of drug-likeness (QED) is 0.760. The minimum absolute atomic E-state index is 0.0527. The van der Waals surface area contributed by atoms with E-state index in [1.54, 1.807) is 24.1 Å². The molecule has 2 aromatic rings. The molecule has 142 valence electrons. The Labute approximate surface area is 159 Å². The SMILES string of the molecule is COC(=O)c1ccc(CN2CCN(c3ccccc3OC)C(=O)C2C)cc1. The predicted octanol–water partition coefficient (Wildman–Crippen LogP) is 2.72. The van der Waals surface area contributed by atoms with Crippen LogP contribution >= 0.6 is 0 Å². The Morgan fingerprint density at radius 3 is 2.44 bits per heavy atom. The molecule has 1 aliphatic rings. The maximum Gasteiger partial charge on any atom is 0.337 e. The number of hydrogen-bond acceptors (Lipinski definition) is 5. The van der Waals surface area contributed by atoms with E-state index < -0.39 is 0 Å². The third kappa shape index (κ3) is 3.95. The van der Waals surface area contributed by atoms with Crippen LogP contribution in [0.1, 0.15) is 22.8 Å². The van der Waals surface area contributed by atoms with Crippen LogP contribution < -0.4 is 9.64 Å². The van der Waals surface area contributed by atoms with Crippen LogP contribution in [0.25, 0.3) is 0 Å². The second-order valence-corrected chi connectivity index (χ2v) is 6.50. The molecule has 6 heteroatoms. The molecule has 6 nitrogen and oxygen atoms in total. The van der Waals surface area contributed by atoms with Gasteiger partial charge in [0, 0.05) is 19.6 Å². The molecule has 0 radical (unpaired) electrons. The third-order valence-electron chi connectivity index (χ3n) is 4.92. The molecule has 0 saturated carbocycles. The number of nitrogens with zero attached hydrogens (tertiary/aromatic N) is 2. The van der Waals surface area contributed by atoms with Crippen molar-refractivity contribution in [2.45, 2.75) is 19.5 Å². The summed E-state index contributed by atoms with van der Waals surface area (Å²) >= 11 is 0. The molecule has 0 aromatic heterocycles. The van der Waals surface area contributed by atoms with Gasteiger partial charge in [-0.3, -0.25) is 9.69 Å². The summed E-state index contributed by atoms with van der Waals surface area (Å²) in [6, 6.07) is 14.6. The largest absolute Gasteiger partial charge is 0.495 e. The van der Waals surface area contributed by atoms with Crippen molar-refractivity contribution >= 4 is 17.6 Å². The highest BCUT2D eigenvalue weighted by Gasteiger charge is 2.33. The van der Waals surface area contributed by atoms with Crippen LogP contribution in [0, 0.1) is 0 Å². The Morgan fingerprint density at radius 2 is 1.78 bits per heavy atom. The van der Waals surface area contributed by atoms with E-state index >= 15 is 0 Å². The highest BCUT2D eigenvalue weighted by atomic mass is 16.5. The lowest BCUT2D eigenvalue weighted by Crippen LogP contribution is -2.55. The van der Waals surface area contributed by atoms with Gasteiger partial charge in [0.25, 0.3) is 0 Å². The molecule has 1 amide bonds. The van der Waals surface area contributed by atoms with E-state index in [1.165, 1.54) is 7.11 Å². The highest BCUT2D eigenvalue weighted by molar-refractivity contribution is 5.99. The summed E-state index contributed by atoms with van der Waals surface area (Å²) in [6.07, 6.45) is 0. The van der Waals surface area contributed by atoms with Crippen LogP contribution in [0.15, 0.2) is 48.5 Å². The topological polar surface area (TPSA) is 59.1 Å². The van der Waals surface area contributed by atoms with E-state index in [2.05, 4.69) is 4.90 Å². The highest BCUT2D eigenvalue weighted by Crippen LogP contribution is 2.30. The monoisotopic (exact) mass is 368 g/mol. The summed E-state index contributed by atoms with van der Waals surface area (Å²) in [5.41, 5.74) is 2.37. The Balaban J connectivity index is 1.70. The van der Waals surface area contributed by atoms with Gasteiger partial charge in [0.15, 0.2) is 0 Å². The zero-order valence-corrected chi connectivity index (χ0v) is 15.8. The molecule has 1 aliphatic heterocycles. The minimum Gasteiger partial charge on any atom is -0.495 e. The number of methoxy groups -OCH3 is 2. The molecular weight excluding hydrogens is 344 g/mol. The van der Waals surface area contributed by atoms with Crippen LogP contribution in [0.2, 0.25) is 0 Å². The number of esters is 1. The number of carbonyl (C=O) groups is 2. The second kappa shape index (κ2) is 8.22. The Kier molecular flexibility index (Phi) is 5.76. The first-order valence-corrected chi connectivity index (χ1v) is 8.91. The van der Waals surface area contributed by atoms with Crippen molar-refractivity contribution in [2.75, 3.05) is 32.2 Å². The van der Waals surface area contributed by atoms with Crippen molar-refractivity contribution in [3.8, 4) is 5.75 Å². The Bertz CT molecular complexity index is 819. The number of piperazine rings is 1. The van der Waals surface area contributed by atoms with Crippen LogP contribution in [-0.4, -0.2) is 50.1 Å². The number of anilines is 1. The van der Waals surface area contributed by atoms with Gasteiger partial charge in [0.2, 0.25) is 5.91 Å². The first-order valence-electron chi connectivity index (χ1n) is 8.91. The van der Waals surface area contributed by atoms with Gasteiger partial charge in [-0.05, 0) is 36.8 Å². The smallest absolute Gasteiger partial charge is 0.337 e. The molecule has 1 heterocycles. The molecule has 2 aromatic carbocycles. The van der Waals surface area contributed by atoms with Gasteiger partial charge in [0.05, 0.1) is 31.5 Å². The van der Waals surface area contributed by atoms with Crippen LogP contribution in [0.3, 0.4) is 0 Å². The molecule has 27 heavy (non-hydrogen) atoms. The second-order valence-electron chi connectivity index (χ2n) is 6.50. The van der Waals surface area contributed by atoms with Crippen LogP contribution in [-0.2, 0) is 16.1 Å². The molecule has 0 spiro atoms. The summed E-state index contributed by atoms with van der Waals surface area (Å²) < 4.78 is 10.1. The summed E-state index contributed by atoms with van der Waals surface area (Å²) in [5.74, 6) is 0.400. The van der Waals surface area contributed by atoms with Crippen molar-refractivity contribution in [1.29, 1.82) is 0 Å².